The number of ether oxygens (including phenoxy) is 2. The van der Waals surface area contributed by atoms with Gasteiger partial charge in [-0.15, -0.1) is 0 Å². The van der Waals surface area contributed by atoms with E-state index < -0.39 is 18.9 Å². The van der Waals surface area contributed by atoms with E-state index in [0.29, 0.717) is 34.4 Å². The van der Waals surface area contributed by atoms with Gasteiger partial charge in [0.05, 0.1) is 40.9 Å². The van der Waals surface area contributed by atoms with Crippen molar-refractivity contribution in [1.29, 1.82) is 5.26 Å². The van der Waals surface area contributed by atoms with Crippen LogP contribution in [0.4, 0.5) is 11.4 Å². The van der Waals surface area contributed by atoms with E-state index in [2.05, 4.69) is 21.4 Å². The molecule has 0 aliphatic rings. The van der Waals surface area contributed by atoms with Crippen LogP contribution in [-0.4, -0.2) is 47.9 Å². The largest absolute Gasteiger partial charge is 0.494 e. The summed E-state index contributed by atoms with van der Waals surface area (Å²) in [7, 11) is 3.63. The molecule has 0 aliphatic carbocycles. The minimum Gasteiger partial charge on any atom is -0.494 e. The molecule has 2 aromatic heterocycles. The lowest BCUT2D eigenvalue weighted by Gasteiger charge is -2.16. The molecular formula is C31H30ClN5O3. The molecule has 204 valence electrons. The number of hydrogen-bond acceptors (Lipinski definition) is 8. The number of hydrogen-bond donors (Lipinski definition) is 1. The Morgan fingerprint density at radius 2 is 2.05 bits per heavy atom. The summed E-state index contributed by atoms with van der Waals surface area (Å²) < 4.78 is 51.7. The molecule has 40 heavy (non-hydrogen) atoms. The maximum absolute atomic E-state index is 13.0. The van der Waals surface area contributed by atoms with Gasteiger partial charge in [0, 0.05) is 48.1 Å². The van der Waals surface area contributed by atoms with Gasteiger partial charge < -0.3 is 19.7 Å². The third kappa shape index (κ3) is 7.35. The smallest absolute Gasteiger partial charge is 0.159 e. The number of ketones is 1. The zero-order chi connectivity index (χ0) is 32.9. The van der Waals surface area contributed by atoms with Crippen LogP contribution in [0.5, 0.6) is 11.5 Å². The maximum atomic E-state index is 13.0. The molecule has 0 spiro atoms. The van der Waals surface area contributed by atoms with E-state index in [0.717, 1.165) is 0 Å². The van der Waals surface area contributed by atoms with Crippen molar-refractivity contribution in [2.24, 2.45) is 0 Å². The number of nitrogens with one attached hydrogen (secondary N) is 1. The third-order valence-corrected chi connectivity index (χ3v) is 5.88. The van der Waals surface area contributed by atoms with E-state index in [1.165, 1.54) is 49.7 Å². The molecule has 0 atom stereocenters. The topological polar surface area (TPSA) is 100 Å². The summed E-state index contributed by atoms with van der Waals surface area (Å²) in [6.07, 6.45) is 4.05. The Balaban J connectivity index is 1.73. The van der Waals surface area contributed by atoms with Gasteiger partial charge in [0.25, 0.3) is 0 Å². The van der Waals surface area contributed by atoms with Gasteiger partial charge >= 0.3 is 0 Å². The summed E-state index contributed by atoms with van der Waals surface area (Å²) in [6, 6.07) is 14.4. The van der Waals surface area contributed by atoms with Gasteiger partial charge in [0.15, 0.2) is 5.78 Å². The fraction of sp³-hybridized carbons (Fsp3) is 0.226. The van der Waals surface area contributed by atoms with Crippen LogP contribution in [0.25, 0.3) is 10.9 Å². The van der Waals surface area contributed by atoms with Gasteiger partial charge in [-0.25, -0.2) is 0 Å². The summed E-state index contributed by atoms with van der Waals surface area (Å²) in [5.74, 6) is -0.342. The highest BCUT2D eigenvalue weighted by molar-refractivity contribution is 6.32. The minimum atomic E-state index is -2.25. The number of rotatable bonds is 12. The molecule has 0 saturated heterocycles. The second-order valence-corrected chi connectivity index (χ2v) is 9.25. The van der Waals surface area contributed by atoms with E-state index in [1.807, 2.05) is 19.0 Å². The Morgan fingerprint density at radius 1 is 1.20 bits per heavy atom. The van der Waals surface area contributed by atoms with Crippen LogP contribution >= 0.6 is 11.6 Å². The fourth-order valence-corrected chi connectivity index (χ4v) is 3.95. The molecule has 0 bridgehead atoms. The minimum absolute atomic E-state index is 0.0721. The first-order valence-corrected chi connectivity index (χ1v) is 12.6. The van der Waals surface area contributed by atoms with Crippen LogP contribution < -0.4 is 14.8 Å². The molecule has 2 aromatic carbocycles. The lowest BCUT2D eigenvalue weighted by Crippen LogP contribution is -2.11. The molecule has 0 fully saturated rings. The first-order chi connectivity index (χ1) is 21.2. The number of carbonyl (C=O) groups is 1. The molecule has 0 unspecified atom stereocenters. The maximum Gasteiger partial charge on any atom is 0.159 e. The Morgan fingerprint density at radius 3 is 2.75 bits per heavy atom. The predicted molar refractivity (Wildman–Crippen MR) is 157 cm³/mol. The van der Waals surface area contributed by atoms with Gasteiger partial charge in [-0.2, -0.15) is 5.26 Å². The van der Waals surface area contributed by atoms with Gasteiger partial charge in [-0.05, 0) is 63.5 Å². The van der Waals surface area contributed by atoms with Crippen LogP contribution in [0, 0.1) is 11.3 Å². The first kappa shape index (κ1) is 22.4. The Hall–Kier alpha value is -4.45. The molecule has 4 rings (SSSR count). The van der Waals surface area contributed by atoms with Crippen molar-refractivity contribution in [1.82, 2.24) is 14.9 Å². The van der Waals surface area contributed by atoms with Crippen molar-refractivity contribution < 1.29 is 21.1 Å². The van der Waals surface area contributed by atoms with Crippen molar-refractivity contribution >= 4 is 39.7 Å². The van der Waals surface area contributed by atoms with Gasteiger partial charge in [0.2, 0.25) is 0 Å². The summed E-state index contributed by atoms with van der Waals surface area (Å²) in [5.41, 5.74) is 1.69. The van der Waals surface area contributed by atoms with Crippen LogP contribution in [0.15, 0.2) is 73.1 Å². The SMILES string of the molecule is [2H]/C(=C\CN(C)C)C(=O)Cc1cc2c(Nc3ccc(OC([2H])([2H])c4ccccn4)c(Cl)c3)c(C#N)cnc2cc1OC([2H])([2H])C. The van der Waals surface area contributed by atoms with Crippen molar-refractivity contribution in [3.8, 4) is 17.6 Å². The van der Waals surface area contributed by atoms with Crippen LogP contribution in [0.3, 0.4) is 0 Å². The number of pyridine rings is 2. The van der Waals surface area contributed by atoms with E-state index in [1.54, 1.807) is 24.3 Å². The standard InChI is InChI=1S/C31H30ClN5O3/c1-4-39-30-17-28-26(15-21(30)14-25(38)9-7-13-37(2)3)31(22(18-33)19-35-28)36-23-10-11-29(27(32)16-23)40-20-24-8-5-6-12-34-24/h5-12,15-17,19H,4,13-14,20H2,1-3H3,(H,35,36)/b9-7+/i4D2,9D,20D2. The summed E-state index contributed by atoms with van der Waals surface area (Å²) in [4.78, 5) is 23.2. The monoisotopic (exact) mass is 560 g/mol. The van der Waals surface area contributed by atoms with Crippen molar-refractivity contribution in [2.75, 3.05) is 32.5 Å². The third-order valence-electron chi connectivity index (χ3n) is 5.58. The Kier molecular flexibility index (Phi) is 7.59. The number of halogens is 1. The normalized spacial score (nSPS) is 13.9. The zero-order valence-electron chi connectivity index (χ0n) is 27.2. The molecule has 0 saturated carbocycles. The molecule has 2 heterocycles. The van der Waals surface area contributed by atoms with Gasteiger partial charge in [-0.1, -0.05) is 23.7 Å². The number of fused-ring (bicyclic) bond motifs is 1. The van der Waals surface area contributed by atoms with Crippen molar-refractivity contribution in [3.63, 3.8) is 0 Å². The number of likely N-dealkylation sites (N-methyl/N-ethyl adjacent to an activating group) is 1. The second-order valence-electron chi connectivity index (χ2n) is 8.84. The highest BCUT2D eigenvalue weighted by atomic mass is 35.5. The molecule has 0 aliphatic heterocycles. The van der Waals surface area contributed by atoms with Crippen molar-refractivity contribution in [3.05, 3.63) is 94.9 Å². The number of benzene rings is 2. The molecule has 0 radical (unpaired) electrons. The van der Waals surface area contributed by atoms with Crippen LogP contribution in [0.1, 0.15) is 30.6 Å². The average molecular weight is 561 g/mol. The van der Waals surface area contributed by atoms with Crippen molar-refractivity contribution in [2.45, 2.75) is 19.9 Å². The second kappa shape index (κ2) is 13.6. The van der Waals surface area contributed by atoms with Gasteiger partial charge in [-0.3, -0.25) is 14.8 Å². The molecular weight excluding hydrogens is 526 g/mol. The fourth-order valence-electron chi connectivity index (χ4n) is 3.73. The number of allylic oxidation sites excluding steroid dienone is 1. The van der Waals surface area contributed by atoms with E-state index in [4.69, 9.17) is 27.9 Å². The number of anilines is 2. The van der Waals surface area contributed by atoms with E-state index in [-0.39, 0.29) is 40.3 Å². The highest BCUT2D eigenvalue weighted by Gasteiger charge is 2.16. The van der Waals surface area contributed by atoms with Crippen LogP contribution in [0.2, 0.25) is 5.02 Å². The number of aromatic nitrogens is 2. The summed E-state index contributed by atoms with van der Waals surface area (Å²) in [6.45, 7) is -2.70. The lowest BCUT2D eigenvalue weighted by molar-refractivity contribution is -0.114. The van der Waals surface area contributed by atoms with E-state index >= 15 is 0 Å². The molecule has 9 heteroatoms. The summed E-state index contributed by atoms with van der Waals surface area (Å²) in [5, 5.41) is 13.6. The number of nitrogens with zero attached hydrogens (tertiary/aromatic N) is 4. The van der Waals surface area contributed by atoms with Gasteiger partial charge in [0.1, 0.15) is 24.1 Å². The number of nitriles is 1. The zero-order valence-corrected chi connectivity index (χ0v) is 22.9. The first-order valence-electron chi connectivity index (χ1n) is 14.7. The molecule has 8 nitrogen and oxygen atoms in total. The molecule has 4 aromatic rings. The quantitative estimate of drug-likeness (QED) is 0.207. The summed E-state index contributed by atoms with van der Waals surface area (Å²) >= 11 is 6.48. The Labute approximate surface area is 245 Å². The highest BCUT2D eigenvalue weighted by Crippen LogP contribution is 2.36. The predicted octanol–water partition coefficient (Wildman–Crippen LogP) is 6.11. The van der Waals surface area contributed by atoms with E-state index in [9.17, 15) is 10.1 Å². The Bertz CT molecular complexity index is 1790. The number of carbonyl (C=O) groups excluding carboxylic acids is 1. The molecule has 0 amide bonds. The molecule has 1 N–H and O–H groups in total. The lowest BCUT2D eigenvalue weighted by atomic mass is 10.0. The van der Waals surface area contributed by atoms with Crippen LogP contribution in [-0.2, 0) is 17.8 Å². The average Bonchev–Trinajstić information content (AvgIpc) is 2.97.